The minimum Gasteiger partial charge on any atom is -0.309 e. The first-order valence-electron chi connectivity index (χ1n) is 8.46. The third-order valence-electron chi connectivity index (χ3n) is 4.52. The van der Waals surface area contributed by atoms with E-state index in [1.807, 2.05) is 41.9 Å². The van der Waals surface area contributed by atoms with Crippen LogP contribution in [0.5, 0.6) is 0 Å². The Labute approximate surface area is 159 Å². The van der Waals surface area contributed by atoms with Gasteiger partial charge in [-0.1, -0.05) is 30.3 Å². The summed E-state index contributed by atoms with van der Waals surface area (Å²) in [5.41, 5.74) is 3.40. The van der Waals surface area contributed by atoms with Gasteiger partial charge in [-0.25, -0.2) is 4.98 Å². The smallest absolute Gasteiger partial charge is 0.260 e. The Morgan fingerprint density at radius 1 is 1.19 bits per heavy atom. The van der Waals surface area contributed by atoms with Crippen LogP contribution in [0.4, 0.5) is 0 Å². The molecule has 0 spiro atoms. The van der Waals surface area contributed by atoms with Gasteiger partial charge in [-0.2, -0.15) is 0 Å². The van der Waals surface area contributed by atoms with Crippen molar-refractivity contribution in [2.45, 2.75) is 26.4 Å². The monoisotopic (exact) mass is 381 g/mol. The average molecular weight is 382 g/mol. The van der Waals surface area contributed by atoms with Gasteiger partial charge in [0.05, 0.1) is 11.4 Å². The van der Waals surface area contributed by atoms with Gasteiger partial charge in [0.25, 0.3) is 5.56 Å². The fraction of sp³-hybridized carbons (Fsp3) is 0.200. The van der Waals surface area contributed by atoms with Crippen LogP contribution in [0.3, 0.4) is 0 Å². The van der Waals surface area contributed by atoms with Crippen molar-refractivity contribution < 1.29 is 0 Å². The van der Waals surface area contributed by atoms with Crippen LogP contribution in [0.15, 0.2) is 52.0 Å². The van der Waals surface area contributed by atoms with Crippen LogP contribution in [-0.2, 0) is 6.54 Å². The summed E-state index contributed by atoms with van der Waals surface area (Å²) in [5, 5.41) is 8.19. The molecule has 6 heteroatoms. The SMILES string of the molecule is Cc1ccccc1CN[C@H](C)c1nc2scc(-c3cccs3)c2c(=O)[nH]1. The van der Waals surface area contributed by atoms with Crippen LogP contribution in [0.25, 0.3) is 20.7 Å². The number of aromatic nitrogens is 2. The molecular formula is C20H19N3OS2. The number of benzene rings is 1. The molecule has 4 aromatic rings. The van der Waals surface area contributed by atoms with E-state index in [0.29, 0.717) is 11.2 Å². The third-order valence-corrected chi connectivity index (χ3v) is 6.29. The second kappa shape index (κ2) is 7.15. The first-order valence-corrected chi connectivity index (χ1v) is 10.2. The minimum absolute atomic E-state index is 0.0426. The first kappa shape index (κ1) is 17.1. The molecule has 26 heavy (non-hydrogen) atoms. The Morgan fingerprint density at radius 3 is 2.81 bits per heavy atom. The Hall–Kier alpha value is -2.28. The summed E-state index contributed by atoms with van der Waals surface area (Å²) in [5.74, 6) is 0.677. The normalized spacial score (nSPS) is 12.5. The molecule has 0 aliphatic heterocycles. The second-order valence-corrected chi connectivity index (χ2v) is 8.09. The molecule has 1 aromatic carbocycles. The molecule has 0 aliphatic carbocycles. The average Bonchev–Trinajstić information content (AvgIpc) is 3.30. The topological polar surface area (TPSA) is 57.8 Å². The van der Waals surface area contributed by atoms with Gasteiger partial charge in [0, 0.05) is 22.4 Å². The highest BCUT2D eigenvalue weighted by atomic mass is 32.1. The molecule has 4 nitrogen and oxygen atoms in total. The van der Waals surface area contributed by atoms with Gasteiger partial charge in [-0.3, -0.25) is 4.79 Å². The summed E-state index contributed by atoms with van der Waals surface area (Å²) in [7, 11) is 0. The van der Waals surface area contributed by atoms with E-state index in [2.05, 4.69) is 29.4 Å². The zero-order valence-electron chi connectivity index (χ0n) is 14.6. The van der Waals surface area contributed by atoms with Gasteiger partial charge in [0.2, 0.25) is 0 Å². The predicted octanol–water partition coefficient (Wildman–Crippen LogP) is 4.87. The number of aryl methyl sites for hydroxylation is 1. The maximum atomic E-state index is 12.7. The molecule has 0 bridgehead atoms. The van der Waals surface area contributed by atoms with Crippen molar-refractivity contribution in [2.24, 2.45) is 0 Å². The van der Waals surface area contributed by atoms with E-state index in [1.165, 1.54) is 22.5 Å². The lowest BCUT2D eigenvalue weighted by atomic mass is 10.1. The molecule has 0 fully saturated rings. The standard InChI is InChI=1S/C20H19N3OS2/c1-12-6-3-4-7-14(12)10-21-13(2)18-22-19(24)17-15(11-26-20(17)23-18)16-8-5-9-25-16/h3-9,11,13,21H,10H2,1-2H3,(H,22,23,24)/t13-/m1/s1. The van der Waals surface area contributed by atoms with Crippen LogP contribution >= 0.6 is 22.7 Å². The van der Waals surface area contributed by atoms with E-state index < -0.39 is 0 Å². The molecule has 0 radical (unpaired) electrons. The number of rotatable bonds is 5. The lowest BCUT2D eigenvalue weighted by Crippen LogP contribution is -2.23. The van der Waals surface area contributed by atoms with Crippen molar-refractivity contribution in [1.29, 1.82) is 0 Å². The molecule has 4 rings (SSSR count). The maximum Gasteiger partial charge on any atom is 0.260 e. The highest BCUT2D eigenvalue weighted by Gasteiger charge is 2.16. The number of thiophene rings is 2. The van der Waals surface area contributed by atoms with Gasteiger partial charge in [0.1, 0.15) is 10.7 Å². The summed E-state index contributed by atoms with van der Waals surface area (Å²) in [4.78, 5) is 22.3. The summed E-state index contributed by atoms with van der Waals surface area (Å²) in [6, 6.07) is 12.3. The summed E-state index contributed by atoms with van der Waals surface area (Å²) in [6.45, 7) is 4.86. The van der Waals surface area contributed by atoms with Crippen molar-refractivity contribution >= 4 is 32.9 Å². The van der Waals surface area contributed by atoms with E-state index in [4.69, 9.17) is 4.98 Å². The number of aromatic amines is 1. The number of nitrogens with one attached hydrogen (secondary N) is 2. The summed E-state index contributed by atoms with van der Waals surface area (Å²) >= 11 is 3.16. The molecular weight excluding hydrogens is 362 g/mol. The number of H-pyrrole nitrogens is 1. The molecule has 0 saturated carbocycles. The van der Waals surface area contributed by atoms with Crippen LogP contribution in [-0.4, -0.2) is 9.97 Å². The van der Waals surface area contributed by atoms with Crippen molar-refractivity contribution in [2.75, 3.05) is 0 Å². The molecule has 2 N–H and O–H groups in total. The first-order chi connectivity index (χ1) is 12.6. The second-order valence-electron chi connectivity index (χ2n) is 6.29. The highest BCUT2D eigenvalue weighted by Crippen LogP contribution is 2.33. The lowest BCUT2D eigenvalue weighted by molar-refractivity contribution is 0.546. The largest absolute Gasteiger partial charge is 0.309 e. The van der Waals surface area contributed by atoms with Gasteiger partial charge < -0.3 is 10.3 Å². The van der Waals surface area contributed by atoms with E-state index in [0.717, 1.165) is 21.8 Å². The van der Waals surface area contributed by atoms with Crippen molar-refractivity contribution in [3.05, 3.63) is 74.5 Å². The minimum atomic E-state index is -0.0702. The summed E-state index contributed by atoms with van der Waals surface area (Å²) in [6.07, 6.45) is 0. The van der Waals surface area contributed by atoms with Crippen LogP contribution < -0.4 is 10.9 Å². The molecule has 132 valence electrons. The molecule has 3 aromatic heterocycles. The molecule has 0 saturated heterocycles. The molecule has 1 atom stereocenters. The Kier molecular flexibility index (Phi) is 4.72. The third kappa shape index (κ3) is 3.23. The molecule has 0 unspecified atom stereocenters. The fourth-order valence-corrected chi connectivity index (χ4v) is 4.72. The predicted molar refractivity (Wildman–Crippen MR) is 110 cm³/mol. The van der Waals surface area contributed by atoms with E-state index in [9.17, 15) is 4.79 Å². The molecule has 3 heterocycles. The van der Waals surface area contributed by atoms with Gasteiger partial charge in [-0.15, -0.1) is 22.7 Å². The van der Waals surface area contributed by atoms with Crippen LogP contribution in [0.2, 0.25) is 0 Å². The van der Waals surface area contributed by atoms with Crippen LogP contribution in [0.1, 0.15) is 29.9 Å². The lowest BCUT2D eigenvalue weighted by Gasteiger charge is -2.14. The Balaban J connectivity index is 1.61. The fourth-order valence-electron chi connectivity index (χ4n) is 2.95. The van der Waals surface area contributed by atoms with Crippen molar-refractivity contribution in [3.63, 3.8) is 0 Å². The molecule has 0 aliphatic rings. The number of fused-ring (bicyclic) bond motifs is 1. The Bertz CT molecular complexity index is 1100. The summed E-state index contributed by atoms with van der Waals surface area (Å²) < 4.78 is 0. The zero-order valence-corrected chi connectivity index (χ0v) is 16.2. The number of hydrogen-bond acceptors (Lipinski definition) is 5. The van der Waals surface area contributed by atoms with E-state index >= 15 is 0 Å². The van der Waals surface area contributed by atoms with Crippen molar-refractivity contribution in [1.82, 2.24) is 15.3 Å². The maximum absolute atomic E-state index is 12.7. The van der Waals surface area contributed by atoms with E-state index in [-0.39, 0.29) is 11.6 Å². The molecule has 0 amide bonds. The van der Waals surface area contributed by atoms with Gasteiger partial charge in [0.15, 0.2) is 0 Å². The quantitative estimate of drug-likeness (QED) is 0.518. The van der Waals surface area contributed by atoms with E-state index in [1.54, 1.807) is 11.3 Å². The number of hydrogen-bond donors (Lipinski definition) is 2. The Morgan fingerprint density at radius 2 is 2.04 bits per heavy atom. The van der Waals surface area contributed by atoms with Gasteiger partial charge >= 0.3 is 0 Å². The highest BCUT2D eigenvalue weighted by molar-refractivity contribution is 7.18. The number of nitrogens with zero attached hydrogens (tertiary/aromatic N) is 1. The zero-order chi connectivity index (χ0) is 18.1. The van der Waals surface area contributed by atoms with Crippen molar-refractivity contribution in [3.8, 4) is 10.4 Å². The van der Waals surface area contributed by atoms with Gasteiger partial charge in [-0.05, 0) is 36.4 Å². The van der Waals surface area contributed by atoms with Crippen LogP contribution in [0, 0.1) is 6.92 Å².